The van der Waals surface area contributed by atoms with Crippen LogP contribution in [0.2, 0.25) is 0 Å². The van der Waals surface area contributed by atoms with Gasteiger partial charge in [-0.2, -0.15) is 0 Å². The molecule has 7 nitrogen and oxygen atoms in total. The van der Waals surface area contributed by atoms with Crippen molar-refractivity contribution >= 4 is 5.97 Å². The third-order valence-electron chi connectivity index (χ3n) is 4.71. The Bertz CT molecular complexity index is 960. The van der Waals surface area contributed by atoms with E-state index in [1.807, 2.05) is 6.07 Å². The SMILES string of the molecule is CC(C)COc1cc2c(nc1C1CC1)-c1cc(=O)c(C(=O)O)cn1CCO2. The monoisotopic (exact) mass is 370 g/mol. The van der Waals surface area contributed by atoms with E-state index < -0.39 is 11.4 Å². The lowest BCUT2D eigenvalue weighted by Gasteiger charge is -2.16. The standard InChI is InChI=1S/C20H22N2O5/c1-11(2)10-27-16-8-17-19(21-18(16)12-3-4-12)14-7-15(23)13(20(24)25)9-22(14)5-6-26-17/h7-9,11-12H,3-6,10H2,1-2H3,(H,24,25). The van der Waals surface area contributed by atoms with Crippen molar-refractivity contribution < 1.29 is 19.4 Å². The Labute approximate surface area is 156 Å². The van der Waals surface area contributed by atoms with Gasteiger partial charge in [-0.1, -0.05) is 13.8 Å². The summed E-state index contributed by atoms with van der Waals surface area (Å²) in [6, 6.07) is 3.21. The summed E-state index contributed by atoms with van der Waals surface area (Å²) >= 11 is 0. The van der Waals surface area contributed by atoms with Crippen LogP contribution in [0.25, 0.3) is 11.4 Å². The van der Waals surface area contributed by atoms with Gasteiger partial charge in [0, 0.05) is 24.2 Å². The normalized spacial score (nSPS) is 15.5. The lowest BCUT2D eigenvalue weighted by Crippen LogP contribution is -2.19. The number of ether oxygens (including phenoxy) is 2. The molecule has 3 heterocycles. The van der Waals surface area contributed by atoms with E-state index in [0.717, 1.165) is 24.3 Å². The van der Waals surface area contributed by atoms with Crippen LogP contribution >= 0.6 is 0 Å². The molecule has 2 aromatic rings. The summed E-state index contributed by atoms with van der Waals surface area (Å²) in [4.78, 5) is 28.3. The molecule has 1 aliphatic heterocycles. The van der Waals surface area contributed by atoms with Gasteiger partial charge in [0.2, 0.25) is 0 Å². The molecule has 0 spiro atoms. The molecule has 0 radical (unpaired) electrons. The molecule has 142 valence electrons. The van der Waals surface area contributed by atoms with Crippen molar-refractivity contribution in [2.24, 2.45) is 5.92 Å². The van der Waals surface area contributed by atoms with Gasteiger partial charge in [-0.15, -0.1) is 0 Å². The van der Waals surface area contributed by atoms with Gasteiger partial charge in [0.1, 0.15) is 23.6 Å². The lowest BCUT2D eigenvalue weighted by molar-refractivity contribution is 0.0694. The number of pyridine rings is 2. The van der Waals surface area contributed by atoms with Crippen molar-refractivity contribution in [2.75, 3.05) is 13.2 Å². The molecule has 0 unspecified atom stereocenters. The number of nitrogens with zero attached hydrogens (tertiary/aromatic N) is 2. The van der Waals surface area contributed by atoms with Crippen molar-refractivity contribution in [3.8, 4) is 22.9 Å². The van der Waals surface area contributed by atoms with Crippen molar-refractivity contribution in [2.45, 2.75) is 39.2 Å². The van der Waals surface area contributed by atoms with Crippen LogP contribution in [0.3, 0.4) is 0 Å². The number of aromatic carboxylic acids is 1. The van der Waals surface area contributed by atoms with Gasteiger partial charge in [0.25, 0.3) is 0 Å². The van der Waals surface area contributed by atoms with E-state index in [9.17, 15) is 14.7 Å². The highest BCUT2D eigenvalue weighted by atomic mass is 16.5. The number of carboxylic acid groups (broad SMARTS) is 1. The third kappa shape index (κ3) is 3.41. The molecule has 2 aromatic heterocycles. The van der Waals surface area contributed by atoms with Crippen LogP contribution in [-0.2, 0) is 6.54 Å². The number of aromatic nitrogens is 2. The Kier molecular flexibility index (Phi) is 4.37. The largest absolute Gasteiger partial charge is 0.491 e. The first-order valence-corrected chi connectivity index (χ1v) is 9.22. The summed E-state index contributed by atoms with van der Waals surface area (Å²) in [7, 11) is 0. The van der Waals surface area contributed by atoms with Gasteiger partial charge in [-0.25, -0.2) is 9.78 Å². The van der Waals surface area contributed by atoms with Crippen molar-refractivity contribution in [3.05, 3.63) is 39.8 Å². The molecule has 2 aliphatic rings. The summed E-state index contributed by atoms with van der Waals surface area (Å²) in [5.41, 5.74) is 1.26. The number of fused-ring (bicyclic) bond motifs is 3. The van der Waals surface area contributed by atoms with Gasteiger partial charge in [0.05, 0.1) is 24.5 Å². The maximum atomic E-state index is 12.2. The van der Waals surface area contributed by atoms with Crippen LogP contribution in [0.15, 0.2) is 23.1 Å². The topological polar surface area (TPSA) is 90.6 Å². The molecule has 27 heavy (non-hydrogen) atoms. The van der Waals surface area contributed by atoms with Crippen LogP contribution in [0.1, 0.15) is 48.7 Å². The Morgan fingerprint density at radius 3 is 2.85 bits per heavy atom. The molecular formula is C20H22N2O5. The van der Waals surface area contributed by atoms with Crippen molar-refractivity contribution in [1.29, 1.82) is 0 Å². The molecule has 4 rings (SSSR count). The van der Waals surface area contributed by atoms with Gasteiger partial charge in [0.15, 0.2) is 11.2 Å². The highest BCUT2D eigenvalue weighted by Gasteiger charge is 2.31. The van der Waals surface area contributed by atoms with Crippen molar-refractivity contribution in [3.63, 3.8) is 0 Å². The van der Waals surface area contributed by atoms with Gasteiger partial charge in [-0.05, 0) is 18.8 Å². The second-order valence-electron chi connectivity index (χ2n) is 7.48. The zero-order valence-electron chi connectivity index (χ0n) is 15.4. The Hall–Kier alpha value is -2.83. The molecule has 0 atom stereocenters. The summed E-state index contributed by atoms with van der Waals surface area (Å²) in [6.45, 7) is 5.57. The molecule has 7 heteroatoms. The zero-order chi connectivity index (χ0) is 19.1. The van der Waals surface area contributed by atoms with Crippen LogP contribution < -0.4 is 14.9 Å². The molecule has 0 bridgehead atoms. The minimum atomic E-state index is -1.23. The fraction of sp³-hybridized carbons (Fsp3) is 0.450. The fourth-order valence-electron chi connectivity index (χ4n) is 3.18. The molecule has 1 aliphatic carbocycles. The highest BCUT2D eigenvalue weighted by molar-refractivity contribution is 5.87. The number of carboxylic acids is 1. The second-order valence-corrected chi connectivity index (χ2v) is 7.48. The molecule has 0 aromatic carbocycles. The number of hydrogen-bond acceptors (Lipinski definition) is 5. The van der Waals surface area contributed by atoms with E-state index in [4.69, 9.17) is 14.5 Å². The first-order chi connectivity index (χ1) is 12.9. The highest BCUT2D eigenvalue weighted by Crippen LogP contribution is 2.46. The molecule has 1 N–H and O–H groups in total. The van der Waals surface area contributed by atoms with E-state index in [1.165, 1.54) is 12.3 Å². The van der Waals surface area contributed by atoms with Crippen LogP contribution in [0, 0.1) is 5.92 Å². The van der Waals surface area contributed by atoms with Crippen LogP contribution in [0.4, 0.5) is 0 Å². The Morgan fingerprint density at radius 2 is 2.19 bits per heavy atom. The maximum Gasteiger partial charge on any atom is 0.341 e. The fourth-order valence-corrected chi connectivity index (χ4v) is 3.18. The lowest BCUT2D eigenvalue weighted by atomic mass is 10.1. The third-order valence-corrected chi connectivity index (χ3v) is 4.71. The minimum Gasteiger partial charge on any atom is -0.491 e. The second kappa shape index (κ2) is 6.72. The molecule has 1 fully saturated rings. The number of rotatable bonds is 5. The molecular weight excluding hydrogens is 348 g/mol. The Balaban J connectivity index is 1.84. The van der Waals surface area contributed by atoms with Gasteiger partial charge in [-0.3, -0.25) is 4.79 Å². The maximum absolute atomic E-state index is 12.2. The van der Waals surface area contributed by atoms with Gasteiger partial charge >= 0.3 is 5.97 Å². The smallest absolute Gasteiger partial charge is 0.341 e. The molecule has 1 saturated carbocycles. The van der Waals surface area contributed by atoms with E-state index >= 15 is 0 Å². The van der Waals surface area contributed by atoms with Crippen LogP contribution in [0.5, 0.6) is 11.5 Å². The summed E-state index contributed by atoms with van der Waals surface area (Å²) in [5.74, 6) is 0.823. The predicted molar refractivity (Wildman–Crippen MR) is 98.7 cm³/mol. The minimum absolute atomic E-state index is 0.249. The summed E-state index contributed by atoms with van der Waals surface area (Å²) in [5, 5.41) is 9.22. The quantitative estimate of drug-likeness (QED) is 0.870. The van der Waals surface area contributed by atoms with Crippen LogP contribution in [-0.4, -0.2) is 33.8 Å². The Morgan fingerprint density at radius 1 is 1.41 bits per heavy atom. The zero-order valence-corrected chi connectivity index (χ0v) is 15.4. The summed E-state index contributed by atoms with van der Waals surface area (Å²) < 4.78 is 13.6. The molecule has 0 amide bonds. The van der Waals surface area contributed by atoms with E-state index in [2.05, 4.69) is 13.8 Å². The van der Waals surface area contributed by atoms with Crippen molar-refractivity contribution in [1.82, 2.24) is 9.55 Å². The first kappa shape index (κ1) is 17.6. The average Bonchev–Trinajstić information content (AvgIpc) is 3.45. The molecule has 0 saturated heterocycles. The average molecular weight is 370 g/mol. The van der Waals surface area contributed by atoms with E-state index in [-0.39, 0.29) is 5.56 Å². The van der Waals surface area contributed by atoms with E-state index in [0.29, 0.717) is 48.7 Å². The number of carbonyl (C=O) groups is 1. The predicted octanol–water partition coefficient (Wildman–Crippen LogP) is 2.91. The van der Waals surface area contributed by atoms with E-state index in [1.54, 1.807) is 4.57 Å². The number of hydrogen-bond donors (Lipinski definition) is 1. The first-order valence-electron chi connectivity index (χ1n) is 9.22. The van der Waals surface area contributed by atoms with Gasteiger partial charge < -0.3 is 19.1 Å². The summed E-state index contributed by atoms with van der Waals surface area (Å²) in [6.07, 6.45) is 3.50.